The van der Waals surface area contributed by atoms with Gasteiger partial charge in [-0.05, 0) is 67.5 Å². The Morgan fingerprint density at radius 1 is 1.04 bits per heavy atom. The van der Waals surface area contributed by atoms with Crippen LogP contribution < -0.4 is 0 Å². The molecule has 0 bridgehead atoms. The molecule has 0 aromatic rings. The summed E-state index contributed by atoms with van der Waals surface area (Å²) in [5.74, 6) is -4.03. The number of hydrogen-bond donors (Lipinski definition) is 2. The van der Waals surface area contributed by atoms with Gasteiger partial charge in [-0.3, -0.25) is 9.59 Å². The quantitative estimate of drug-likeness (QED) is 0.303. The molecular formula is C34H59N3O10. The van der Waals surface area contributed by atoms with Crippen LogP contribution in [0.3, 0.4) is 0 Å². The molecule has 270 valence electrons. The second-order valence-corrected chi connectivity index (χ2v) is 14.5. The van der Waals surface area contributed by atoms with E-state index < -0.39 is 83.7 Å². The number of esters is 1. The van der Waals surface area contributed by atoms with Gasteiger partial charge in [-0.2, -0.15) is 10.1 Å². The van der Waals surface area contributed by atoms with E-state index in [0.717, 1.165) is 0 Å². The Morgan fingerprint density at radius 3 is 2.23 bits per heavy atom. The average molecular weight is 670 g/mol. The molecule has 3 aliphatic rings. The maximum absolute atomic E-state index is 14.3. The predicted molar refractivity (Wildman–Crippen MR) is 174 cm³/mol. The Kier molecular flexibility index (Phi) is 13.0. The maximum atomic E-state index is 14.3. The van der Waals surface area contributed by atoms with Crippen LogP contribution >= 0.6 is 0 Å². The van der Waals surface area contributed by atoms with Crippen molar-refractivity contribution in [2.75, 3.05) is 21.2 Å². The molecule has 3 rings (SSSR count). The normalized spacial score (nSPS) is 44.3. The second-order valence-electron chi connectivity index (χ2n) is 14.5. The lowest BCUT2D eigenvalue weighted by molar-refractivity contribution is -0.301. The van der Waals surface area contributed by atoms with Gasteiger partial charge in [-0.1, -0.05) is 34.6 Å². The van der Waals surface area contributed by atoms with Gasteiger partial charge < -0.3 is 38.8 Å². The fraction of sp³-hybridized carbons (Fsp3) is 0.882. The van der Waals surface area contributed by atoms with Gasteiger partial charge in [-0.25, -0.2) is 4.79 Å². The highest BCUT2D eigenvalue weighted by Gasteiger charge is 2.61. The van der Waals surface area contributed by atoms with E-state index in [9.17, 15) is 24.6 Å². The van der Waals surface area contributed by atoms with Crippen molar-refractivity contribution in [3.8, 4) is 0 Å². The SMILES string of the molecule is CC/C=N/N1C(=O)OC2(C)C1C(C)C(=O)C(C)CC(C)(OC)C(OC1OC(C)CC(N(C)C)C1O)C(C)C(O)C(C)C(=O)O[C@@H]2CC. The molecule has 0 aromatic carbocycles. The van der Waals surface area contributed by atoms with Gasteiger partial charge in [0.15, 0.2) is 11.9 Å². The largest absolute Gasteiger partial charge is 0.458 e. The van der Waals surface area contributed by atoms with E-state index >= 15 is 0 Å². The van der Waals surface area contributed by atoms with E-state index in [2.05, 4.69) is 5.10 Å². The summed E-state index contributed by atoms with van der Waals surface area (Å²) in [7, 11) is 5.27. The van der Waals surface area contributed by atoms with Gasteiger partial charge >= 0.3 is 12.1 Å². The van der Waals surface area contributed by atoms with Crippen molar-refractivity contribution in [1.82, 2.24) is 9.91 Å². The number of aliphatic hydroxyl groups is 2. The third-order valence-electron chi connectivity index (χ3n) is 10.6. The highest BCUT2D eigenvalue weighted by Crippen LogP contribution is 2.43. The van der Waals surface area contributed by atoms with E-state index in [1.807, 2.05) is 32.8 Å². The van der Waals surface area contributed by atoms with Crippen molar-refractivity contribution in [3.05, 3.63) is 0 Å². The standard InChI is InChI=1S/C34H59N3O10/c1-13-15-35-37-28-20(5)25(38)18(3)17-33(8,43-12)29(46-31-27(40)23(36(10)11)16-19(4)44-31)21(6)26(39)22(7)30(41)45-24(14-2)34(28,9)47-32(37)42/h15,18-24,26-29,31,39-40H,13-14,16-17H2,1-12H3/b35-15+/t18?,19?,20?,21?,22?,23?,24-,26?,27?,28?,29?,31?,33?,34?/m1/s1. The Hall–Kier alpha value is -2.16. The third kappa shape index (κ3) is 7.86. The number of likely N-dealkylation sites (N-methyl/N-ethyl adjacent to an activating group) is 1. The first-order valence-corrected chi connectivity index (χ1v) is 17.1. The van der Waals surface area contributed by atoms with Crippen molar-refractivity contribution in [1.29, 1.82) is 0 Å². The van der Waals surface area contributed by atoms with Gasteiger partial charge in [-0.15, -0.1) is 0 Å². The first-order chi connectivity index (χ1) is 21.9. The summed E-state index contributed by atoms with van der Waals surface area (Å²) in [6, 6.07) is -1.13. The van der Waals surface area contributed by atoms with Crippen LogP contribution in [-0.2, 0) is 33.3 Å². The van der Waals surface area contributed by atoms with Gasteiger partial charge in [0.25, 0.3) is 0 Å². The third-order valence-corrected chi connectivity index (χ3v) is 10.6. The van der Waals surface area contributed by atoms with Crippen LogP contribution in [0.25, 0.3) is 0 Å². The zero-order valence-corrected chi connectivity index (χ0v) is 30.3. The van der Waals surface area contributed by atoms with Crippen molar-refractivity contribution in [3.63, 3.8) is 0 Å². The van der Waals surface area contributed by atoms with E-state index in [4.69, 9.17) is 23.7 Å². The molecule has 3 heterocycles. The first-order valence-electron chi connectivity index (χ1n) is 17.1. The van der Waals surface area contributed by atoms with Crippen molar-refractivity contribution in [2.24, 2.45) is 28.8 Å². The van der Waals surface area contributed by atoms with Gasteiger partial charge in [0.2, 0.25) is 0 Å². The van der Waals surface area contributed by atoms with Crippen LogP contribution in [-0.4, -0.2) is 125 Å². The summed E-state index contributed by atoms with van der Waals surface area (Å²) < 4.78 is 30.8. The van der Waals surface area contributed by atoms with Crippen LogP contribution in [0.1, 0.15) is 88.0 Å². The average Bonchev–Trinajstić information content (AvgIpc) is 3.28. The monoisotopic (exact) mass is 669 g/mol. The molecule has 0 aromatic heterocycles. The number of ketones is 1. The number of aliphatic hydroxyl groups excluding tert-OH is 2. The minimum absolute atomic E-state index is 0.163. The molecule has 13 nitrogen and oxygen atoms in total. The van der Waals surface area contributed by atoms with Gasteiger partial charge in [0.1, 0.15) is 24.0 Å². The number of amides is 1. The number of carbonyl (C=O) groups excluding carboxylic acids is 3. The molecule has 0 saturated carbocycles. The number of rotatable bonds is 7. The molecule has 2 N–H and O–H groups in total. The number of ether oxygens (including phenoxy) is 5. The Balaban J connectivity index is 2.14. The fourth-order valence-electron chi connectivity index (χ4n) is 7.78. The maximum Gasteiger partial charge on any atom is 0.431 e. The molecule has 0 aliphatic carbocycles. The number of methoxy groups -OCH3 is 1. The molecular weight excluding hydrogens is 610 g/mol. The van der Waals surface area contributed by atoms with Crippen molar-refractivity contribution < 1.29 is 48.3 Å². The molecule has 1 amide bonds. The van der Waals surface area contributed by atoms with Crippen LogP contribution in [0.2, 0.25) is 0 Å². The summed E-state index contributed by atoms with van der Waals surface area (Å²) >= 11 is 0. The number of hydrazone groups is 1. The van der Waals surface area contributed by atoms with Crippen molar-refractivity contribution >= 4 is 24.1 Å². The summed E-state index contributed by atoms with van der Waals surface area (Å²) in [4.78, 5) is 43.2. The lowest BCUT2D eigenvalue weighted by Crippen LogP contribution is -2.60. The first kappa shape index (κ1) is 39.3. The van der Waals surface area contributed by atoms with Gasteiger partial charge in [0, 0.05) is 37.1 Å². The Bertz CT molecular complexity index is 1140. The van der Waals surface area contributed by atoms with Crippen molar-refractivity contribution in [2.45, 2.75) is 148 Å². The topological polar surface area (TPSA) is 157 Å². The summed E-state index contributed by atoms with van der Waals surface area (Å²) in [5, 5.41) is 28.6. The van der Waals surface area contributed by atoms with Gasteiger partial charge in [0.05, 0.1) is 29.8 Å². The molecule has 3 fully saturated rings. The van der Waals surface area contributed by atoms with Crippen LogP contribution in [0.15, 0.2) is 5.10 Å². The molecule has 14 atom stereocenters. The van der Waals surface area contributed by atoms with Crippen LogP contribution in [0, 0.1) is 23.7 Å². The molecule has 47 heavy (non-hydrogen) atoms. The zero-order chi connectivity index (χ0) is 35.6. The van der Waals surface area contributed by atoms with E-state index in [1.165, 1.54) is 12.1 Å². The zero-order valence-electron chi connectivity index (χ0n) is 30.3. The minimum atomic E-state index is -1.41. The summed E-state index contributed by atoms with van der Waals surface area (Å²) in [5.41, 5.74) is -2.61. The Labute approximate surface area is 280 Å². The molecule has 3 saturated heterocycles. The smallest absolute Gasteiger partial charge is 0.431 e. The Morgan fingerprint density at radius 2 is 1.68 bits per heavy atom. The fourth-order valence-corrected chi connectivity index (χ4v) is 7.78. The lowest BCUT2D eigenvalue weighted by Gasteiger charge is -2.48. The minimum Gasteiger partial charge on any atom is -0.458 e. The van der Waals surface area contributed by atoms with E-state index in [1.54, 1.807) is 54.7 Å². The number of hydrogen-bond acceptors (Lipinski definition) is 12. The van der Waals surface area contributed by atoms with Crippen LogP contribution in [0.4, 0.5) is 4.79 Å². The molecule has 13 heteroatoms. The molecule has 13 unspecified atom stereocenters. The number of nitrogens with zero attached hydrogens (tertiary/aromatic N) is 3. The second kappa shape index (κ2) is 15.6. The summed E-state index contributed by atoms with van der Waals surface area (Å²) in [6.07, 6.45) is -3.05. The van der Waals surface area contributed by atoms with E-state index in [0.29, 0.717) is 12.8 Å². The number of carbonyl (C=O) groups is 3. The lowest BCUT2D eigenvalue weighted by atomic mass is 9.73. The number of Topliss-reactive ketones (excluding diaryl/α,β-unsaturated/α-hetero) is 1. The highest BCUT2D eigenvalue weighted by atomic mass is 16.7. The number of fused-ring (bicyclic) bond motifs is 1. The van der Waals surface area contributed by atoms with E-state index in [-0.39, 0.29) is 30.8 Å². The molecule has 3 aliphatic heterocycles. The predicted octanol–water partition coefficient (Wildman–Crippen LogP) is 3.38. The number of cyclic esters (lactones) is 1. The molecule has 0 spiro atoms. The summed E-state index contributed by atoms with van der Waals surface area (Å²) in [6.45, 7) is 15.9. The molecule has 0 radical (unpaired) electrons. The van der Waals surface area contributed by atoms with Crippen LogP contribution in [0.5, 0.6) is 0 Å². The highest BCUT2D eigenvalue weighted by molar-refractivity contribution is 5.85.